The molecule has 0 saturated heterocycles. The van der Waals surface area contributed by atoms with Crippen LogP contribution in [0.4, 0.5) is 0 Å². The Bertz CT molecular complexity index is 221. The molecule has 0 amide bonds. The fraction of sp³-hybridized carbons (Fsp3) is 0.833. The highest BCUT2D eigenvalue weighted by molar-refractivity contribution is 7.93. The quantitative estimate of drug-likeness (QED) is 0.648. The largest absolute Gasteiger partial charge is 0.392 e. The van der Waals surface area contributed by atoms with Gasteiger partial charge < -0.3 is 5.73 Å². The number of rotatable bonds is 5. The second kappa shape index (κ2) is 4.66. The van der Waals surface area contributed by atoms with Gasteiger partial charge in [-0.15, -0.1) is 0 Å². The van der Waals surface area contributed by atoms with Crippen molar-refractivity contribution < 1.29 is 8.42 Å². The summed E-state index contributed by atoms with van der Waals surface area (Å²) in [5, 5.41) is 0. The number of unbranched alkanes of at least 4 members (excludes halogenated alkanes) is 1. The Morgan fingerprint density at radius 2 is 2.09 bits per heavy atom. The molecular formula is C6H13NO2S2. The van der Waals surface area contributed by atoms with Gasteiger partial charge in [-0.3, -0.25) is 0 Å². The standard InChI is InChI=1S/C6H13NO2S2/c1-2-3-4-11(8,9)5-6(7)10/h2-5H2,1H3,(H2,7,10). The summed E-state index contributed by atoms with van der Waals surface area (Å²) in [5.74, 6) is 0.0448. The van der Waals surface area contributed by atoms with E-state index in [4.69, 9.17) is 5.73 Å². The van der Waals surface area contributed by atoms with E-state index in [0.717, 1.165) is 6.42 Å². The molecule has 11 heavy (non-hydrogen) atoms. The first-order valence-corrected chi connectivity index (χ1v) is 5.69. The molecule has 0 rings (SSSR count). The lowest BCUT2D eigenvalue weighted by molar-refractivity contribution is 0.596. The van der Waals surface area contributed by atoms with Crippen molar-refractivity contribution in [1.29, 1.82) is 0 Å². The van der Waals surface area contributed by atoms with Crippen LogP contribution in [0.25, 0.3) is 0 Å². The first-order valence-electron chi connectivity index (χ1n) is 3.46. The van der Waals surface area contributed by atoms with E-state index in [1.165, 1.54) is 0 Å². The Balaban J connectivity index is 3.92. The monoisotopic (exact) mass is 195 g/mol. The van der Waals surface area contributed by atoms with Crippen LogP contribution in [0.5, 0.6) is 0 Å². The van der Waals surface area contributed by atoms with Crippen LogP contribution < -0.4 is 5.73 Å². The van der Waals surface area contributed by atoms with Crippen molar-refractivity contribution in [2.24, 2.45) is 5.73 Å². The highest BCUT2D eigenvalue weighted by Crippen LogP contribution is 1.96. The van der Waals surface area contributed by atoms with Gasteiger partial charge in [-0.05, 0) is 6.42 Å². The van der Waals surface area contributed by atoms with Crippen LogP contribution in [0.15, 0.2) is 0 Å². The molecule has 0 aliphatic carbocycles. The molecule has 0 aromatic carbocycles. The molecule has 0 aliphatic rings. The Morgan fingerprint density at radius 1 is 1.55 bits per heavy atom. The summed E-state index contributed by atoms with van der Waals surface area (Å²) >= 11 is 4.49. The van der Waals surface area contributed by atoms with E-state index in [9.17, 15) is 8.42 Å². The molecular weight excluding hydrogens is 182 g/mol. The Morgan fingerprint density at radius 3 is 2.45 bits per heavy atom. The Kier molecular flexibility index (Phi) is 4.60. The maximum atomic E-state index is 11.0. The maximum absolute atomic E-state index is 11.0. The van der Waals surface area contributed by atoms with E-state index in [1.807, 2.05) is 6.92 Å². The van der Waals surface area contributed by atoms with Crippen molar-refractivity contribution in [3.8, 4) is 0 Å². The fourth-order valence-corrected chi connectivity index (χ4v) is 2.50. The zero-order valence-corrected chi connectivity index (χ0v) is 8.17. The second-order valence-electron chi connectivity index (χ2n) is 2.41. The van der Waals surface area contributed by atoms with Crippen molar-refractivity contribution in [3.05, 3.63) is 0 Å². The molecule has 0 aliphatic heterocycles. The molecule has 0 spiro atoms. The van der Waals surface area contributed by atoms with Crippen LogP contribution in [0, 0.1) is 0 Å². The second-order valence-corrected chi connectivity index (χ2v) is 5.12. The van der Waals surface area contributed by atoms with E-state index in [0.29, 0.717) is 6.42 Å². The number of nitrogens with two attached hydrogens (primary N) is 1. The molecule has 0 heterocycles. The van der Waals surface area contributed by atoms with Crippen molar-refractivity contribution in [2.75, 3.05) is 11.5 Å². The lowest BCUT2D eigenvalue weighted by Crippen LogP contribution is -2.23. The number of thiocarbonyl (C=S) groups is 1. The lowest BCUT2D eigenvalue weighted by Gasteiger charge is -2.00. The normalized spacial score (nSPS) is 11.4. The van der Waals surface area contributed by atoms with E-state index in [1.54, 1.807) is 0 Å². The molecule has 0 aromatic heterocycles. The van der Waals surface area contributed by atoms with Crippen molar-refractivity contribution in [3.63, 3.8) is 0 Å². The number of hydrogen-bond acceptors (Lipinski definition) is 3. The van der Waals surface area contributed by atoms with Crippen LogP contribution >= 0.6 is 12.2 Å². The van der Waals surface area contributed by atoms with Gasteiger partial charge in [-0.1, -0.05) is 25.6 Å². The molecule has 0 unspecified atom stereocenters. The Labute approximate surface area is 72.9 Å². The van der Waals surface area contributed by atoms with E-state index in [-0.39, 0.29) is 16.5 Å². The summed E-state index contributed by atoms with van der Waals surface area (Å²) in [6.07, 6.45) is 1.56. The van der Waals surface area contributed by atoms with Gasteiger partial charge in [0.15, 0.2) is 9.84 Å². The zero-order chi connectivity index (χ0) is 8.91. The number of sulfone groups is 1. The summed E-state index contributed by atoms with van der Waals surface area (Å²) in [6, 6.07) is 0. The van der Waals surface area contributed by atoms with Crippen molar-refractivity contribution in [1.82, 2.24) is 0 Å². The van der Waals surface area contributed by atoms with Crippen LogP contribution in [0.1, 0.15) is 19.8 Å². The first-order chi connectivity index (χ1) is 4.98. The highest BCUT2D eigenvalue weighted by Gasteiger charge is 2.10. The van der Waals surface area contributed by atoms with Crippen LogP contribution in [0.2, 0.25) is 0 Å². The minimum absolute atomic E-state index is 0.0566. The molecule has 3 nitrogen and oxygen atoms in total. The minimum Gasteiger partial charge on any atom is -0.392 e. The molecule has 0 radical (unpaired) electrons. The van der Waals surface area contributed by atoms with Gasteiger partial charge in [-0.2, -0.15) is 0 Å². The Hall–Kier alpha value is -0.160. The SMILES string of the molecule is CCCCS(=O)(=O)CC(N)=S. The summed E-state index contributed by atoms with van der Waals surface area (Å²) in [7, 11) is -3.01. The summed E-state index contributed by atoms with van der Waals surface area (Å²) in [4.78, 5) is 0.0566. The molecule has 66 valence electrons. The smallest absolute Gasteiger partial charge is 0.156 e. The third-order valence-electron chi connectivity index (χ3n) is 1.17. The molecule has 0 atom stereocenters. The average molecular weight is 195 g/mol. The van der Waals surface area contributed by atoms with Gasteiger partial charge in [0.2, 0.25) is 0 Å². The van der Waals surface area contributed by atoms with Crippen molar-refractivity contribution in [2.45, 2.75) is 19.8 Å². The van der Waals surface area contributed by atoms with Gasteiger partial charge in [0.1, 0.15) is 5.75 Å². The zero-order valence-electron chi connectivity index (χ0n) is 6.54. The van der Waals surface area contributed by atoms with Crippen LogP contribution in [0.3, 0.4) is 0 Å². The van der Waals surface area contributed by atoms with E-state index < -0.39 is 9.84 Å². The van der Waals surface area contributed by atoms with Gasteiger partial charge >= 0.3 is 0 Å². The predicted octanol–water partition coefficient (Wildman–Crippen LogP) is 0.487. The third-order valence-corrected chi connectivity index (χ3v) is 3.16. The van der Waals surface area contributed by atoms with Gasteiger partial charge in [0, 0.05) is 0 Å². The third kappa shape index (κ3) is 6.25. The molecule has 5 heteroatoms. The average Bonchev–Trinajstić information content (AvgIpc) is 1.81. The molecule has 0 aromatic rings. The summed E-state index contributed by atoms with van der Waals surface area (Å²) in [5.41, 5.74) is 5.10. The highest BCUT2D eigenvalue weighted by atomic mass is 32.2. The van der Waals surface area contributed by atoms with Crippen LogP contribution in [-0.2, 0) is 9.84 Å². The molecule has 0 saturated carbocycles. The predicted molar refractivity (Wildman–Crippen MR) is 50.3 cm³/mol. The minimum atomic E-state index is -3.01. The maximum Gasteiger partial charge on any atom is 0.156 e. The van der Waals surface area contributed by atoms with Gasteiger partial charge in [0.25, 0.3) is 0 Å². The molecule has 0 fully saturated rings. The number of hydrogen-bond donors (Lipinski definition) is 1. The van der Waals surface area contributed by atoms with E-state index in [2.05, 4.69) is 12.2 Å². The summed E-state index contributed by atoms with van der Waals surface area (Å²) < 4.78 is 22.1. The summed E-state index contributed by atoms with van der Waals surface area (Å²) in [6.45, 7) is 1.94. The van der Waals surface area contributed by atoms with Gasteiger partial charge in [-0.25, -0.2) is 8.42 Å². The molecule has 0 bridgehead atoms. The molecule has 2 N–H and O–H groups in total. The van der Waals surface area contributed by atoms with Gasteiger partial charge in [0.05, 0.1) is 10.7 Å². The first kappa shape index (κ1) is 10.8. The topological polar surface area (TPSA) is 60.2 Å². The fourth-order valence-electron chi connectivity index (χ4n) is 0.653. The van der Waals surface area contributed by atoms with Crippen molar-refractivity contribution >= 4 is 27.0 Å². The lowest BCUT2D eigenvalue weighted by atomic mass is 10.4. The van der Waals surface area contributed by atoms with Crippen LogP contribution in [-0.4, -0.2) is 24.9 Å². The van der Waals surface area contributed by atoms with E-state index >= 15 is 0 Å².